The molecule has 0 saturated carbocycles. The summed E-state index contributed by atoms with van der Waals surface area (Å²) in [6.07, 6.45) is 0. The number of aliphatic hydroxyl groups excluding tert-OH is 1. The molecule has 20 heavy (non-hydrogen) atoms. The maximum atomic E-state index is 9.10. The summed E-state index contributed by atoms with van der Waals surface area (Å²) in [6.45, 7) is -0.0807. The quantitative estimate of drug-likeness (QED) is 0.833. The highest BCUT2D eigenvalue weighted by molar-refractivity contribution is 5.58. The standard InChI is InChI=1S/C15H14N2O3/c1-19-15-7-11(9-18)3-5-13(15)20-14-6-10(8-16)2-4-12(14)17/h2-7,18H,9,17H2,1H3. The van der Waals surface area contributed by atoms with Crippen LogP contribution in [0.3, 0.4) is 0 Å². The second kappa shape index (κ2) is 5.95. The first-order chi connectivity index (χ1) is 9.67. The van der Waals surface area contributed by atoms with Crippen LogP contribution < -0.4 is 15.2 Å². The third-order valence-corrected chi connectivity index (χ3v) is 2.77. The van der Waals surface area contributed by atoms with Gasteiger partial charge in [-0.05, 0) is 29.8 Å². The van der Waals surface area contributed by atoms with Crippen LogP contribution in [0.1, 0.15) is 11.1 Å². The predicted octanol–water partition coefficient (Wildman–Crippen LogP) is 2.43. The Morgan fingerprint density at radius 1 is 1.15 bits per heavy atom. The van der Waals surface area contributed by atoms with Crippen molar-refractivity contribution in [3.05, 3.63) is 47.5 Å². The molecule has 0 fully saturated rings. The van der Waals surface area contributed by atoms with E-state index in [1.165, 1.54) is 7.11 Å². The van der Waals surface area contributed by atoms with E-state index in [2.05, 4.69) is 0 Å². The van der Waals surface area contributed by atoms with Crippen LogP contribution in [0.25, 0.3) is 0 Å². The Morgan fingerprint density at radius 3 is 2.60 bits per heavy atom. The number of nitrogen functional groups attached to an aromatic ring is 1. The summed E-state index contributed by atoms with van der Waals surface area (Å²) >= 11 is 0. The minimum absolute atomic E-state index is 0.0807. The van der Waals surface area contributed by atoms with Crippen LogP contribution in [0.4, 0.5) is 5.69 Å². The molecule has 0 aliphatic carbocycles. The lowest BCUT2D eigenvalue weighted by atomic mass is 10.2. The van der Waals surface area contributed by atoms with E-state index < -0.39 is 0 Å². The van der Waals surface area contributed by atoms with Crippen LogP contribution in [0.2, 0.25) is 0 Å². The number of benzene rings is 2. The number of methoxy groups -OCH3 is 1. The average molecular weight is 270 g/mol. The van der Waals surface area contributed by atoms with Crippen molar-refractivity contribution < 1.29 is 14.6 Å². The first-order valence-electron chi connectivity index (χ1n) is 5.93. The van der Waals surface area contributed by atoms with Gasteiger partial charge in [-0.2, -0.15) is 5.26 Å². The summed E-state index contributed by atoms with van der Waals surface area (Å²) in [5.41, 5.74) is 7.43. The lowest BCUT2D eigenvalue weighted by molar-refractivity contribution is 0.280. The number of aliphatic hydroxyl groups is 1. The smallest absolute Gasteiger partial charge is 0.169 e. The van der Waals surface area contributed by atoms with Crippen molar-refractivity contribution in [3.63, 3.8) is 0 Å². The van der Waals surface area contributed by atoms with Gasteiger partial charge in [-0.25, -0.2) is 0 Å². The molecule has 0 bridgehead atoms. The second-order valence-corrected chi connectivity index (χ2v) is 4.11. The highest BCUT2D eigenvalue weighted by Crippen LogP contribution is 2.35. The van der Waals surface area contributed by atoms with Crippen molar-refractivity contribution >= 4 is 5.69 Å². The van der Waals surface area contributed by atoms with Gasteiger partial charge in [0.1, 0.15) is 0 Å². The Kier molecular flexibility index (Phi) is 4.08. The molecule has 5 nitrogen and oxygen atoms in total. The van der Waals surface area contributed by atoms with E-state index in [1.54, 1.807) is 36.4 Å². The molecule has 2 rings (SSSR count). The number of nitrogens with two attached hydrogens (primary N) is 1. The van der Waals surface area contributed by atoms with Gasteiger partial charge in [0.25, 0.3) is 0 Å². The summed E-state index contributed by atoms with van der Waals surface area (Å²) in [5.74, 6) is 1.34. The highest BCUT2D eigenvalue weighted by atomic mass is 16.5. The van der Waals surface area contributed by atoms with Gasteiger partial charge in [0.05, 0.1) is 31.0 Å². The fourth-order valence-corrected chi connectivity index (χ4v) is 1.71. The van der Waals surface area contributed by atoms with Crippen LogP contribution in [-0.2, 0) is 6.61 Å². The van der Waals surface area contributed by atoms with Crippen LogP contribution in [-0.4, -0.2) is 12.2 Å². The Hall–Kier alpha value is -2.71. The van der Waals surface area contributed by atoms with Crippen LogP contribution in [0.15, 0.2) is 36.4 Å². The van der Waals surface area contributed by atoms with E-state index >= 15 is 0 Å². The summed E-state index contributed by atoms with van der Waals surface area (Å²) in [6, 6.07) is 11.9. The van der Waals surface area contributed by atoms with Crippen LogP contribution in [0, 0.1) is 11.3 Å². The zero-order chi connectivity index (χ0) is 14.5. The predicted molar refractivity (Wildman–Crippen MR) is 74.6 cm³/mol. The van der Waals surface area contributed by atoms with E-state index in [4.69, 9.17) is 25.6 Å². The Balaban J connectivity index is 2.37. The molecule has 0 atom stereocenters. The molecule has 0 amide bonds. The fraction of sp³-hybridized carbons (Fsp3) is 0.133. The fourth-order valence-electron chi connectivity index (χ4n) is 1.71. The number of nitriles is 1. The molecule has 102 valence electrons. The monoisotopic (exact) mass is 270 g/mol. The molecule has 2 aromatic carbocycles. The van der Waals surface area contributed by atoms with Crippen molar-refractivity contribution in [2.45, 2.75) is 6.61 Å². The van der Waals surface area contributed by atoms with E-state index in [-0.39, 0.29) is 6.61 Å². The van der Waals surface area contributed by atoms with Crippen molar-refractivity contribution in [2.24, 2.45) is 0 Å². The van der Waals surface area contributed by atoms with Gasteiger partial charge in [-0.15, -0.1) is 0 Å². The first kappa shape index (κ1) is 13.7. The molecule has 0 aliphatic heterocycles. The van der Waals surface area contributed by atoms with Gasteiger partial charge in [0.2, 0.25) is 0 Å². The number of nitrogens with zero attached hydrogens (tertiary/aromatic N) is 1. The molecule has 0 unspecified atom stereocenters. The van der Waals surface area contributed by atoms with Gasteiger partial charge in [-0.3, -0.25) is 0 Å². The first-order valence-corrected chi connectivity index (χ1v) is 5.93. The number of hydrogen-bond donors (Lipinski definition) is 2. The molecule has 3 N–H and O–H groups in total. The van der Waals surface area contributed by atoms with Gasteiger partial charge in [0.15, 0.2) is 17.2 Å². The maximum Gasteiger partial charge on any atom is 0.169 e. The van der Waals surface area contributed by atoms with Gasteiger partial charge in [0, 0.05) is 6.07 Å². The normalized spacial score (nSPS) is 9.85. The van der Waals surface area contributed by atoms with Gasteiger partial charge < -0.3 is 20.3 Å². The van der Waals surface area contributed by atoms with Crippen molar-refractivity contribution in [2.75, 3.05) is 12.8 Å². The molecule has 0 saturated heterocycles. The Morgan fingerprint density at radius 2 is 1.95 bits per heavy atom. The second-order valence-electron chi connectivity index (χ2n) is 4.11. The van der Waals surface area contributed by atoms with Crippen molar-refractivity contribution in [3.8, 4) is 23.3 Å². The molecule has 0 aromatic heterocycles. The molecule has 0 aliphatic rings. The summed E-state index contributed by atoms with van der Waals surface area (Å²) in [7, 11) is 1.51. The van der Waals surface area contributed by atoms with E-state index in [9.17, 15) is 0 Å². The topological polar surface area (TPSA) is 88.5 Å². The molecule has 5 heteroatoms. The molecule has 0 radical (unpaired) electrons. The lowest BCUT2D eigenvalue weighted by Crippen LogP contribution is -1.96. The zero-order valence-electron chi connectivity index (χ0n) is 11.0. The molecular weight excluding hydrogens is 256 g/mol. The number of ether oxygens (including phenoxy) is 2. The molecular formula is C15H14N2O3. The Labute approximate surface area is 116 Å². The van der Waals surface area contributed by atoms with Gasteiger partial charge in [-0.1, -0.05) is 6.07 Å². The van der Waals surface area contributed by atoms with Crippen LogP contribution in [0.5, 0.6) is 17.2 Å². The van der Waals surface area contributed by atoms with E-state index in [0.717, 1.165) is 0 Å². The van der Waals surface area contributed by atoms with Gasteiger partial charge >= 0.3 is 0 Å². The third kappa shape index (κ3) is 2.82. The largest absolute Gasteiger partial charge is 0.493 e. The molecule has 2 aromatic rings. The van der Waals surface area contributed by atoms with Crippen molar-refractivity contribution in [1.29, 1.82) is 5.26 Å². The highest BCUT2D eigenvalue weighted by Gasteiger charge is 2.09. The minimum Gasteiger partial charge on any atom is -0.493 e. The van der Waals surface area contributed by atoms with Crippen molar-refractivity contribution in [1.82, 2.24) is 0 Å². The Bertz CT molecular complexity index is 663. The third-order valence-electron chi connectivity index (χ3n) is 2.77. The van der Waals surface area contributed by atoms with Crippen LogP contribution >= 0.6 is 0 Å². The molecule has 0 spiro atoms. The summed E-state index contributed by atoms with van der Waals surface area (Å²) in [4.78, 5) is 0. The van der Waals surface area contributed by atoms with E-state index in [0.29, 0.717) is 34.1 Å². The number of anilines is 1. The summed E-state index contributed by atoms with van der Waals surface area (Å²) in [5, 5.41) is 18.0. The SMILES string of the molecule is COc1cc(CO)ccc1Oc1cc(C#N)ccc1N. The average Bonchev–Trinajstić information content (AvgIpc) is 2.49. The molecule has 0 heterocycles. The minimum atomic E-state index is -0.0807. The number of rotatable bonds is 4. The maximum absolute atomic E-state index is 9.10. The summed E-state index contributed by atoms with van der Waals surface area (Å²) < 4.78 is 10.9. The lowest BCUT2D eigenvalue weighted by Gasteiger charge is -2.13. The number of hydrogen-bond acceptors (Lipinski definition) is 5. The zero-order valence-corrected chi connectivity index (χ0v) is 11.0. The van der Waals surface area contributed by atoms with E-state index in [1.807, 2.05) is 6.07 Å².